The minimum absolute atomic E-state index is 0.121. The van der Waals surface area contributed by atoms with Gasteiger partial charge in [0.05, 0.1) is 4.92 Å². The second-order valence-corrected chi connectivity index (χ2v) is 3.32. The molecule has 0 radical (unpaired) electrons. The van der Waals surface area contributed by atoms with Crippen molar-refractivity contribution in [3.05, 3.63) is 50.1 Å². The number of nitro groups is 2. The van der Waals surface area contributed by atoms with Crippen molar-refractivity contribution < 1.29 is 15.0 Å². The first-order chi connectivity index (χ1) is 7.43. The predicted octanol–water partition coefficient (Wildman–Crippen LogP) is 1.29. The Morgan fingerprint density at radius 3 is 2.06 bits per heavy atom. The van der Waals surface area contributed by atoms with E-state index in [1.165, 1.54) is 31.2 Å². The van der Waals surface area contributed by atoms with E-state index in [1.807, 2.05) is 0 Å². The molecular weight excluding hydrogens is 216 g/mol. The van der Waals surface area contributed by atoms with Gasteiger partial charge in [-0.1, -0.05) is 0 Å². The first kappa shape index (κ1) is 12.1. The van der Waals surface area contributed by atoms with Crippen LogP contribution in [-0.2, 0) is 0 Å². The van der Waals surface area contributed by atoms with E-state index in [0.29, 0.717) is 0 Å². The molecule has 7 nitrogen and oxygen atoms in total. The molecule has 0 bridgehead atoms. The standard InChI is InChI=1S/C9H10N2O5/c1-6(10(13)14)9(12)7-2-4-8(5-3-7)11(15)16/h2-6,9,12H,1H3/t6-,9+/m1/s1. The topological polar surface area (TPSA) is 107 Å². The maximum atomic E-state index is 10.4. The van der Waals surface area contributed by atoms with Gasteiger partial charge in [0.1, 0.15) is 6.10 Å². The highest BCUT2D eigenvalue weighted by molar-refractivity contribution is 5.33. The Morgan fingerprint density at radius 2 is 1.69 bits per heavy atom. The Balaban J connectivity index is 2.89. The maximum absolute atomic E-state index is 10.4. The molecule has 0 saturated heterocycles. The van der Waals surface area contributed by atoms with Crippen molar-refractivity contribution in [2.45, 2.75) is 19.1 Å². The molecule has 0 aliphatic rings. The normalized spacial score (nSPS) is 14.1. The Morgan fingerprint density at radius 1 is 1.19 bits per heavy atom. The summed E-state index contributed by atoms with van der Waals surface area (Å²) in [5.74, 6) is 0. The third-order valence-corrected chi connectivity index (χ3v) is 2.23. The highest BCUT2D eigenvalue weighted by Crippen LogP contribution is 2.21. The van der Waals surface area contributed by atoms with Crippen LogP contribution in [0.4, 0.5) is 5.69 Å². The van der Waals surface area contributed by atoms with Gasteiger partial charge in [0.2, 0.25) is 6.04 Å². The fraction of sp³-hybridized carbons (Fsp3) is 0.333. The number of non-ortho nitro benzene ring substituents is 1. The van der Waals surface area contributed by atoms with Gasteiger partial charge in [-0.05, 0) is 17.7 Å². The largest absolute Gasteiger partial charge is 0.381 e. The minimum Gasteiger partial charge on any atom is -0.381 e. The molecule has 0 saturated carbocycles. The molecule has 0 aliphatic heterocycles. The Bertz CT molecular complexity index is 403. The van der Waals surface area contributed by atoms with Gasteiger partial charge in [-0.15, -0.1) is 0 Å². The molecule has 1 aromatic rings. The van der Waals surface area contributed by atoms with Gasteiger partial charge in [-0.2, -0.15) is 0 Å². The number of nitro benzene ring substituents is 1. The smallest absolute Gasteiger partial charge is 0.269 e. The molecule has 0 fully saturated rings. The van der Waals surface area contributed by atoms with Gasteiger partial charge >= 0.3 is 0 Å². The summed E-state index contributed by atoms with van der Waals surface area (Å²) in [5, 5.41) is 30.4. The van der Waals surface area contributed by atoms with Crippen LogP contribution in [0, 0.1) is 20.2 Å². The van der Waals surface area contributed by atoms with Crippen LogP contribution in [0.2, 0.25) is 0 Å². The number of aliphatic hydroxyl groups is 1. The zero-order chi connectivity index (χ0) is 12.3. The van der Waals surface area contributed by atoms with E-state index in [1.54, 1.807) is 0 Å². The SMILES string of the molecule is C[C@H]([C@H](O)c1ccc([N+](=O)[O-])cc1)[N+](=O)[O-]. The second kappa shape index (κ2) is 4.67. The minimum atomic E-state index is -1.27. The number of hydrogen-bond acceptors (Lipinski definition) is 5. The lowest BCUT2D eigenvalue weighted by Crippen LogP contribution is -2.23. The predicted molar refractivity (Wildman–Crippen MR) is 54.5 cm³/mol. The highest BCUT2D eigenvalue weighted by Gasteiger charge is 2.25. The highest BCUT2D eigenvalue weighted by atomic mass is 16.6. The van der Waals surface area contributed by atoms with E-state index in [2.05, 4.69) is 0 Å². The zero-order valence-corrected chi connectivity index (χ0v) is 8.44. The maximum Gasteiger partial charge on any atom is 0.269 e. The van der Waals surface area contributed by atoms with Crippen LogP contribution in [0.3, 0.4) is 0 Å². The number of hydrogen-bond donors (Lipinski definition) is 1. The third-order valence-electron chi connectivity index (χ3n) is 2.23. The van der Waals surface area contributed by atoms with Gasteiger partial charge in [-0.25, -0.2) is 0 Å². The van der Waals surface area contributed by atoms with Crippen molar-refractivity contribution in [2.75, 3.05) is 0 Å². The summed E-state index contributed by atoms with van der Waals surface area (Å²) < 4.78 is 0. The van der Waals surface area contributed by atoms with E-state index in [4.69, 9.17) is 0 Å². The average molecular weight is 226 g/mol. The molecule has 0 aromatic heterocycles. The van der Waals surface area contributed by atoms with Crippen LogP contribution in [-0.4, -0.2) is 21.0 Å². The van der Waals surface area contributed by atoms with E-state index < -0.39 is 22.0 Å². The molecule has 2 atom stereocenters. The second-order valence-electron chi connectivity index (χ2n) is 3.32. The molecule has 86 valence electrons. The average Bonchev–Trinajstić information content (AvgIpc) is 2.27. The molecule has 1 N–H and O–H groups in total. The monoisotopic (exact) mass is 226 g/mol. The lowest BCUT2D eigenvalue weighted by Gasteiger charge is -2.11. The molecule has 0 unspecified atom stereocenters. The molecule has 16 heavy (non-hydrogen) atoms. The molecule has 1 rings (SSSR count). The van der Waals surface area contributed by atoms with Gasteiger partial charge in [0.25, 0.3) is 5.69 Å². The lowest BCUT2D eigenvalue weighted by atomic mass is 10.0. The first-order valence-electron chi connectivity index (χ1n) is 4.49. The molecular formula is C9H10N2O5. The van der Waals surface area contributed by atoms with E-state index in [9.17, 15) is 25.3 Å². The van der Waals surface area contributed by atoms with Gasteiger partial charge in [-0.3, -0.25) is 20.2 Å². The van der Waals surface area contributed by atoms with Crippen LogP contribution in [0.1, 0.15) is 18.6 Å². The summed E-state index contributed by atoms with van der Waals surface area (Å²) in [6, 6.07) is 3.86. The third kappa shape index (κ3) is 2.51. The van der Waals surface area contributed by atoms with Crippen LogP contribution in [0.15, 0.2) is 24.3 Å². The van der Waals surface area contributed by atoms with Gasteiger partial charge < -0.3 is 5.11 Å². The molecule has 0 spiro atoms. The summed E-state index contributed by atoms with van der Waals surface area (Å²) in [6.07, 6.45) is -1.27. The van der Waals surface area contributed by atoms with Crippen LogP contribution >= 0.6 is 0 Å². The van der Waals surface area contributed by atoms with Crippen LogP contribution in [0.25, 0.3) is 0 Å². The van der Waals surface area contributed by atoms with E-state index in [0.717, 1.165) is 0 Å². The van der Waals surface area contributed by atoms with Crippen molar-refractivity contribution in [3.8, 4) is 0 Å². The summed E-state index contributed by atoms with van der Waals surface area (Å²) in [5.41, 5.74) is 0.166. The van der Waals surface area contributed by atoms with Crippen LogP contribution in [0.5, 0.6) is 0 Å². The first-order valence-corrected chi connectivity index (χ1v) is 4.49. The molecule has 0 heterocycles. The summed E-state index contributed by atoms with van der Waals surface area (Å²) in [4.78, 5) is 19.6. The number of benzene rings is 1. The quantitative estimate of drug-likeness (QED) is 0.614. The molecule has 7 heteroatoms. The summed E-state index contributed by atoms with van der Waals surface area (Å²) in [6.45, 7) is 1.27. The van der Waals surface area contributed by atoms with Gasteiger partial charge in [0.15, 0.2) is 0 Å². The fourth-order valence-electron chi connectivity index (χ4n) is 1.19. The van der Waals surface area contributed by atoms with E-state index >= 15 is 0 Å². The number of rotatable bonds is 4. The number of aliphatic hydroxyl groups excluding tert-OH is 1. The molecule has 0 aliphatic carbocycles. The van der Waals surface area contributed by atoms with Crippen molar-refractivity contribution in [1.82, 2.24) is 0 Å². The number of nitrogens with zero attached hydrogens (tertiary/aromatic N) is 2. The van der Waals surface area contributed by atoms with Crippen molar-refractivity contribution >= 4 is 5.69 Å². The van der Waals surface area contributed by atoms with E-state index in [-0.39, 0.29) is 11.3 Å². The molecule has 1 aromatic carbocycles. The fourth-order valence-corrected chi connectivity index (χ4v) is 1.19. The Labute approximate surface area is 90.6 Å². The summed E-state index contributed by atoms with van der Waals surface area (Å²) in [7, 11) is 0. The van der Waals surface area contributed by atoms with Crippen molar-refractivity contribution in [2.24, 2.45) is 0 Å². The van der Waals surface area contributed by atoms with Crippen molar-refractivity contribution in [3.63, 3.8) is 0 Å². The lowest BCUT2D eigenvalue weighted by molar-refractivity contribution is -0.531. The van der Waals surface area contributed by atoms with Gasteiger partial charge in [0, 0.05) is 24.0 Å². The zero-order valence-electron chi connectivity index (χ0n) is 8.44. The Kier molecular flexibility index (Phi) is 3.51. The van der Waals surface area contributed by atoms with Crippen molar-refractivity contribution in [1.29, 1.82) is 0 Å². The summed E-state index contributed by atoms with van der Waals surface area (Å²) >= 11 is 0. The Hall–Kier alpha value is -2.02. The van der Waals surface area contributed by atoms with Crippen LogP contribution < -0.4 is 0 Å². The molecule has 0 amide bonds.